The minimum atomic E-state index is -0.484. The van der Waals surface area contributed by atoms with Crippen molar-refractivity contribution >= 4 is 29.1 Å². The van der Waals surface area contributed by atoms with Gasteiger partial charge >= 0.3 is 5.97 Å². The number of amides is 2. The summed E-state index contributed by atoms with van der Waals surface area (Å²) in [5.41, 5.74) is 1.24. The van der Waals surface area contributed by atoms with E-state index in [2.05, 4.69) is 10.6 Å². The summed E-state index contributed by atoms with van der Waals surface area (Å²) in [7, 11) is 0. The van der Waals surface area contributed by atoms with Gasteiger partial charge in [0.2, 0.25) is 5.91 Å². The summed E-state index contributed by atoms with van der Waals surface area (Å²) in [6.07, 6.45) is 5.56. The fourth-order valence-corrected chi connectivity index (χ4v) is 3.61. The van der Waals surface area contributed by atoms with Crippen molar-refractivity contribution in [3.63, 3.8) is 0 Å². The Bertz CT molecular complexity index is 559. The number of nitrogens with one attached hydrogen (secondary N) is 2. The van der Waals surface area contributed by atoms with Crippen LogP contribution in [0.25, 0.3) is 0 Å². The van der Waals surface area contributed by atoms with E-state index in [9.17, 15) is 14.4 Å². The van der Waals surface area contributed by atoms with Gasteiger partial charge in [-0.2, -0.15) is 0 Å². The first kappa shape index (κ1) is 17.5. The molecule has 1 aliphatic rings. The quantitative estimate of drug-likeness (QED) is 0.607. The second-order valence-corrected chi connectivity index (χ2v) is 6.56. The zero-order chi connectivity index (χ0) is 16.7. The van der Waals surface area contributed by atoms with Crippen molar-refractivity contribution < 1.29 is 19.1 Å². The fraction of sp³-hybridized carbons (Fsp3) is 0.562. The second kappa shape index (κ2) is 8.67. The number of carbonyl (C=O) groups excluding carboxylic acids is 3. The number of likely N-dealkylation sites (N-methyl/N-ethyl adjacent to an activating group) is 1. The summed E-state index contributed by atoms with van der Waals surface area (Å²) in [4.78, 5) is 36.6. The summed E-state index contributed by atoms with van der Waals surface area (Å²) >= 11 is 1.46. The van der Waals surface area contributed by atoms with Gasteiger partial charge in [0.05, 0.1) is 6.54 Å². The highest BCUT2D eigenvalue weighted by Gasteiger charge is 2.18. The molecule has 6 nitrogen and oxygen atoms in total. The summed E-state index contributed by atoms with van der Waals surface area (Å²) in [5.74, 6) is -1.23. The van der Waals surface area contributed by atoms with Crippen LogP contribution in [-0.2, 0) is 27.2 Å². The summed E-state index contributed by atoms with van der Waals surface area (Å²) < 4.78 is 5.02. The zero-order valence-corrected chi connectivity index (χ0v) is 14.1. The number of thiophene rings is 1. The van der Waals surface area contributed by atoms with Crippen molar-refractivity contribution in [2.75, 3.05) is 19.7 Å². The van der Waals surface area contributed by atoms with Crippen LogP contribution in [0.3, 0.4) is 0 Å². The van der Waals surface area contributed by atoms with Crippen LogP contribution in [0.4, 0.5) is 0 Å². The predicted molar refractivity (Wildman–Crippen MR) is 87.6 cm³/mol. The molecule has 1 aromatic heterocycles. The highest BCUT2D eigenvalue weighted by molar-refractivity contribution is 7.14. The van der Waals surface area contributed by atoms with E-state index >= 15 is 0 Å². The molecule has 0 atom stereocenters. The van der Waals surface area contributed by atoms with Crippen LogP contribution in [0.5, 0.6) is 0 Å². The molecule has 2 amide bonds. The number of carbonyl (C=O) groups is 3. The second-order valence-electron chi connectivity index (χ2n) is 5.43. The van der Waals surface area contributed by atoms with Gasteiger partial charge in [-0.1, -0.05) is 6.42 Å². The average Bonchev–Trinajstić information content (AvgIpc) is 2.82. The van der Waals surface area contributed by atoms with Crippen LogP contribution >= 0.6 is 11.3 Å². The maximum Gasteiger partial charge on any atom is 0.348 e. The first-order valence-electron chi connectivity index (χ1n) is 7.92. The number of ether oxygens (including phenoxy) is 1. The van der Waals surface area contributed by atoms with Gasteiger partial charge in [-0.25, -0.2) is 4.79 Å². The molecule has 0 aromatic carbocycles. The SMILES string of the molecule is CCNC(=O)CNC(=O)COC(=O)c1cc2c(s1)CCCCC2. The highest BCUT2D eigenvalue weighted by atomic mass is 32.1. The summed E-state index contributed by atoms with van der Waals surface area (Å²) in [6, 6.07) is 1.89. The molecule has 1 aromatic rings. The molecule has 1 aliphatic carbocycles. The third-order valence-corrected chi connectivity index (χ3v) is 4.82. The first-order chi connectivity index (χ1) is 11.1. The van der Waals surface area contributed by atoms with Crippen LogP contribution in [-0.4, -0.2) is 37.5 Å². The van der Waals surface area contributed by atoms with Crippen LogP contribution in [0, 0.1) is 0 Å². The minimum Gasteiger partial charge on any atom is -0.451 e. The molecule has 126 valence electrons. The van der Waals surface area contributed by atoms with E-state index in [4.69, 9.17) is 4.74 Å². The lowest BCUT2D eigenvalue weighted by Gasteiger charge is -2.05. The van der Waals surface area contributed by atoms with Crippen LogP contribution in [0.2, 0.25) is 0 Å². The Morgan fingerprint density at radius 1 is 1.13 bits per heavy atom. The number of hydrogen-bond acceptors (Lipinski definition) is 5. The van der Waals surface area contributed by atoms with E-state index in [0.29, 0.717) is 11.4 Å². The Hall–Kier alpha value is -1.89. The third-order valence-electron chi connectivity index (χ3n) is 3.60. The molecular formula is C16H22N2O4S. The summed E-state index contributed by atoms with van der Waals surface area (Å²) in [6.45, 7) is 1.81. The Morgan fingerprint density at radius 2 is 1.91 bits per heavy atom. The molecule has 0 unspecified atom stereocenters. The molecular weight excluding hydrogens is 316 g/mol. The standard InChI is InChI=1S/C16H22N2O4S/c1-2-17-14(19)9-18-15(20)10-22-16(21)13-8-11-6-4-3-5-7-12(11)23-13/h8H,2-7,9-10H2,1H3,(H,17,19)(H,18,20). The van der Waals surface area contributed by atoms with Crippen molar-refractivity contribution in [3.8, 4) is 0 Å². The number of hydrogen-bond donors (Lipinski definition) is 2. The van der Waals surface area contributed by atoms with Crippen LogP contribution < -0.4 is 10.6 Å². The van der Waals surface area contributed by atoms with Crippen molar-refractivity contribution in [3.05, 3.63) is 21.4 Å². The molecule has 7 heteroatoms. The van der Waals surface area contributed by atoms with Crippen molar-refractivity contribution in [1.29, 1.82) is 0 Å². The van der Waals surface area contributed by atoms with E-state index in [-0.39, 0.29) is 19.1 Å². The number of aryl methyl sites for hydroxylation is 2. The van der Waals surface area contributed by atoms with Crippen molar-refractivity contribution in [2.45, 2.75) is 39.0 Å². The molecule has 2 N–H and O–H groups in total. The Balaban J connectivity index is 1.78. The molecule has 0 saturated carbocycles. The molecule has 0 radical (unpaired) electrons. The van der Waals surface area contributed by atoms with Gasteiger partial charge < -0.3 is 15.4 Å². The van der Waals surface area contributed by atoms with E-state index < -0.39 is 11.9 Å². The molecule has 1 heterocycles. The largest absolute Gasteiger partial charge is 0.451 e. The lowest BCUT2D eigenvalue weighted by Crippen LogP contribution is -2.38. The van der Waals surface area contributed by atoms with E-state index in [1.165, 1.54) is 28.2 Å². The first-order valence-corrected chi connectivity index (χ1v) is 8.74. The van der Waals surface area contributed by atoms with Crippen LogP contribution in [0.1, 0.15) is 46.3 Å². The Labute approximate surface area is 139 Å². The van der Waals surface area contributed by atoms with Gasteiger partial charge in [0.25, 0.3) is 5.91 Å². The highest BCUT2D eigenvalue weighted by Crippen LogP contribution is 2.29. The molecule has 0 spiro atoms. The zero-order valence-electron chi connectivity index (χ0n) is 13.3. The smallest absolute Gasteiger partial charge is 0.348 e. The van der Waals surface area contributed by atoms with E-state index in [1.54, 1.807) is 6.92 Å². The average molecular weight is 338 g/mol. The van der Waals surface area contributed by atoms with Gasteiger partial charge in [-0.3, -0.25) is 9.59 Å². The topological polar surface area (TPSA) is 84.5 Å². The maximum atomic E-state index is 12.0. The predicted octanol–water partition coefficient (Wildman–Crippen LogP) is 1.43. The van der Waals surface area contributed by atoms with Gasteiger partial charge in [0.15, 0.2) is 6.61 Å². The van der Waals surface area contributed by atoms with E-state index in [1.807, 2.05) is 6.07 Å². The third kappa shape index (κ3) is 5.35. The lowest BCUT2D eigenvalue weighted by molar-refractivity contribution is -0.127. The molecule has 0 fully saturated rings. The van der Waals surface area contributed by atoms with Gasteiger partial charge in [-0.15, -0.1) is 11.3 Å². The minimum absolute atomic E-state index is 0.114. The van der Waals surface area contributed by atoms with Gasteiger partial charge in [0, 0.05) is 11.4 Å². The normalized spacial score (nSPS) is 13.6. The van der Waals surface area contributed by atoms with E-state index in [0.717, 1.165) is 25.7 Å². The van der Waals surface area contributed by atoms with Crippen LogP contribution in [0.15, 0.2) is 6.07 Å². The fourth-order valence-electron chi connectivity index (χ4n) is 2.46. The number of esters is 1. The van der Waals surface area contributed by atoms with Crippen molar-refractivity contribution in [1.82, 2.24) is 10.6 Å². The Kier molecular flexibility index (Phi) is 6.58. The molecule has 2 rings (SSSR count). The van der Waals surface area contributed by atoms with Gasteiger partial charge in [-0.05, 0) is 44.2 Å². The molecule has 0 bridgehead atoms. The lowest BCUT2D eigenvalue weighted by atomic mass is 10.1. The van der Waals surface area contributed by atoms with Crippen molar-refractivity contribution in [2.24, 2.45) is 0 Å². The van der Waals surface area contributed by atoms with Gasteiger partial charge in [0.1, 0.15) is 4.88 Å². The monoisotopic (exact) mass is 338 g/mol. The molecule has 23 heavy (non-hydrogen) atoms. The molecule has 0 saturated heterocycles. The number of fused-ring (bicyclic) bond motifs is 1. The number of rotatable bonds is 6. The Morgan fingerprint density at radius 3 is 2.70 bits per heavy atom. The maximum absolute atomic E-state index is 12.0. The molecule has 0 aliphatic heterocycles. The summed E-state index contributed by atoms with van der Waals surface area (Å²) in [5, 5.41) is 4.97.